The molecule has 2 rings (SSSR count). The summed E-state index contributed by atoms with van der Waals surface area (Å²) in [5, 5.41) is 11.3. The van der Waals surface area contributed by atoms with Crippen LogP contribution < -0.4 is 5.32 Å². The Balaban J connectivity index is 2.03. The fourth-order valence-electron chi connectivity index (χ4n) is 2.55. The molecule has 4 nitrogen and oxygen atoms in total. The summed E-state index contributed by atoms with van der Waals surface area (Å²) in [4.78, 5) is 23.1. The molecule has 0 atom stereocenters. The van der Waals surface area contributed by atoms with Crippen LogP contribution in [0.15, 0.2) is 42.5 Å². The topological polar surface area (TPSA) is 66.4 Å². The number of unbranched alkanes of at least 4 members (excludes halogenated alkanes) is 2. The molecule has 0 bridgehead atoms. The second kappa shape index (κ2) is 9.62. The van der Waals surface area contributed by atoms with Crippen molar-refractivity contribution in [3.05, 3.63) is 70.8 Å². The first kappa shape index (κ1) is 20.3. The first-order valence-corrected chi connectivity index (χ1v) is 8.71. The van der Waals surface area contributed by atoms with Gasteiger partial charge < -0.3 is 10.4 Å². The zero-order valence-electron chi connectivity index (χ0n) is 15.0. The molecule has 6 heteroatoms. The summed E-state index contributed by atoms with van der Waals surface area (Å²) < 4.78 is 26.5. The third kappa shape index (κ3) is 6.02. The highest BCUT2D eigenvalue weighted by Gasteiger charge is 2.16. The van der Waals surface area contributed by atoms with E-state index in [9.17, 15) is 18.4 Å². The van der Waals surface area contributed by atoms with E-state index in [0.717, 1.165) is 24.8 Å². The lowest BCUT2D eigenvalue weighted by molar-refractivity contribution is -0.111. The number of benzene rings is 2. The Kier molecular flexibility index (Phi) is 7.23. The number of carboxylic acid groups (broad SMARTS) is 1. The van der Waals surface area contributed by atoms with Gasteiger partial charge in [0.05, 0.1) is 11.3 Å². The van der Waals surface area contributed by atoms with Gasteiger partial charge in [-0.15, -0.1) is 0 Å². The predicted octanol–water partition coefficient (Wildman–Crippen LogP) is 5.05. The summed E-state index contributed by atoms with van der Waals surface area (Å²) in [6, 6.07) is 8.93. The van der Waals surface area contributed by atoms with Gasteiger partial charge in [0, 0.05) is 12.1 Å². The van der Waals surface area contributed by atoms with Crippen LogP contribution in [0.3, 0.4) is 0 Å². The Morgan fingerprint density at radius 2 is 1.74 bits per heavy atom. The van der Waals surface area contributed by atoms with Crippen molar-refractivity contribution in [1.82, 2.24) is 0 Å². The van der Waals surface area contributed by atoms with Crippen LogP contribution in [-0.4, -0.2) is 17.0 Å². The first-order chi connectivity index (χ1) is 12.9. The maximum atomic E-state index is 13.3. The van der Waals surface area contributed by atoms with Gasteiger partial charge in [-0.1, -0.05) is 44.0 Å². The average Bonchev–Trinajstić information content (AvgIpc) is 2.64. The Morgan fingerprint density at radius 3 is 2.37 bits per heavy atom. The number of rotatable bonds is 8. The van der Waals surface area contributed by atoms with Gasteiger partial charge in [-0.3, -0.25) is 4.79 Å². The highest BCUT2D eigenvalue weighted by Crippen LogP contribution is 2.20. The first-order valence-electron chi connectivity index (χ1n) is 8.71. The minimum atomic E-state index is -1.47. The number of amides is 1. The molecule has 0 aromatic heterocycles. The third-order valence-corrected chi connectivity index (χ3v) is 4.02. The lowest BCUT2D eigenvalue weighted by Gasteiger charge is -2.07. The molecule has 27 heavy (non-hydrogen) atoms. The monoisotopic (exact) mass is 373 g/mol. The summed E-state index contributed by atoms with van der Waals surface area (Å²) >= 11 is 0. The molecule has 0 aliphatic rings. The summed E-state index contributed by atoms with van der Waals surface area (Å²) in [5.74, 6) is -4.64. The van der Waals surface area contributed by atoms with E-state index in [1.54, 1.807) is 6.08 Å². The van der Waals surface area contributed by atoms with Crippen LogP contribution in [0.1, 0.15) is 47.7 Å². The molecule has 0 unspecified atom stereocenters. The molecule has 0 aliphatic heterocycles. The average molecular weight is 373 g/mol. The number of hydrogen-bond acceptors (Lipinski definition) is 2. The van der Waals surface area contributed by atoms with Crippen LogP contribution in [0.4, 0.5) is 14.5 Å². The highest BCUT2D eigenvalue weighted by atomic mass is 19.2. The maximum Gasteiger partial charge on any atom is 0.337 e. The minimum absolute atomic E-state index is 0.303. The van der Waals surface area contributed by atoms with Gasteiger partial charge in [0.15, 0.2) is 11.6 Å². The molecule has 1 amide bonds. The molecular weight excluding hydrogens is 352 g/mol. The number of hydrogen-bond donors (Lipinski definition) is 2. The van der Waals surface area contributed by atoms with Crippen molar-refractivity contribution in [3.63, 3.8) is 0 Å². The summed E-state index contributed by atoms with van der Waals surface area (Å²) in [5.41, 5.74) is 1.19. The number of aryl methyl sites for hydroxylation is 1. The molecule has 142 valence electrons. The van der Waals surface area contributed by atoms with E-state index in [0.29, 0.717) is 12.1 Å². The largest absolute Gasteiger partial charge is 0.478 e. The molecule has 2 N–H and O–H groups in total. The van der Waals surface area contributed by atoms with Crippen LogP contribution in [0.5, 0.6) is 0 Å². The van der Waals surface area contributed by atoms with Crippen molar-refractivity contribution < 1.29 is 23.5 Å². The van der Waals surface area contributed by atoms with Gasteiger partial charge in [0.2, 0.25) is 5.91 Å². The molecule has 0 fully saturated rings. The zero-order valence-corrected chi connectivity index (χ0v) is 15.0. The molecule has 0 heterocycles. The Morgan fingerprint density at radius 1 is 1.07 bits per heavy atom. The van der Waals surface area contributed by atoms with Gasteiger partial charge in [0.1, 0.15) is 0 Å². The van der Waals surface area contributed by atoms with Crippen LogP contribution >= 0.6 is 0 Å². The zero-order chi connectivity index (χ0) is 19.8. The minimum Gasteiger partial charge on any atom is -0.478 e. The molecule has 0 aliphatic carbocycles. The Labute approximate surface area is 156 Å². The number of nitrogens with one attached hydrogen (secondary N) is 1. The molecule has 0 radical (unpaired) electrons. The van der Waals surface area contributed by atoms with Gasteiger partial charge in [0.25, 0.3) is 0 Å². The van der Waals surface area contributed by atoms with Crippen molar-refractivity contribution in [2.24, 2.45) is 0 Å². The van der Waals surface area contributed by atoms with Crippen LogP contribution in [0.25, 0.3) is 6.08 Å². The van der Waals surface area contributed by atoms with Crippen LogP contribution in [0.2, 0.25) is 0 Å². The number of carbonyl (C=O) groups excluding carboxylic acids is 1. The molecule has 0 saturated heterocycles. The second-order valence-electron chi connectivity index (χ2n) is 6.14. The van der Waals surface area contributed by atoms with Crippen LogP contribution in [0, 0.1) is 11.6 Å². The summed E-state index contributed by atoms with van der Waals surface area (Å²) in [6.45, 7) is 2.15. The third-order valence-electron chi connectivity index (χ3n) is 4.02. The van der Waals surface area contributed by atoms with Crippen molar-refractivity contribution in [3.8, 4) is 0 Å². The van der Waals surface area contributed by atoms with E-state index in [1.807, 2.05) is 24.3 Å². The van der Waals surface area contributed by atoms with Crippen molar-refractivity contribution >= 4 is 23.6 Å². The summed E-state index contributed by atoms with van der Waals surface area (Å²) in [7, 11) is 0. The number of carboxylic acids is 1. The van der Waals surface area contributed by atoms with Crippen molar-refractivity contribution in [2.45, 2.75) is 32.6 Å². The van der Waals surface area contributed by atoms with E-state index in [2.05, 4.69) is 12.2 Å². The number of carbonyl (C=O) groups is 2. The smallest absolute Gasteiger partial charge is 0.337 e. The molecule has 2 aromatic carbocycles. The SMILES string of the molecule is CCCCCc1ccc(/C=C/C(=O)Nc2cc(F)c(F)cc2C(=O)O)cc1. The van der Waals surface area contributed by atoms with E-state index < -0.39 is 29.1 Å². The molecular formula is C21H21F2NO3. The second-order valence-corrected chi connectivity index (χ2v) is 6.14. The highest BCUT2D eigenvalue weighted by molar-refractivity contribution is 6.06. The van der Waals surface area contributed by atoms with E-state index in [1.165, 1.54) is 18.1 Å². The lowest BCUT2D eigenvalue weighted by atomic mass is 10.1. The van der Waals surface area contributed by atoms with Crippen molar-refractivity contribution in [1.29, 1.82) is 0 Å². The van der Waals surface area contributed by atoms with E-state index in [-0.39, 0.29) is 5.69 Å². The van der Waals surface area contributed by atoms with Crippen LogP contribution in [-0.2, 0) is 11.2 Å². The molecule has 0 spiro atoms. The van der Waals surface area contributed by atoms with Gasteiger partial charge in [-0.05, 0) is 36.1 Å². The van der Waals surface area contributed by atoms with Gasteiger partial charge in [-0.25, -0.2) is 13.6 Å². The quantitative estimate of drug-likeness (QED) is 0.503. The number of halogens is 2. The van der Waals surface area contributed by atoms with E-state index in [4.69, 9.17) is 5.11 Å². The normalized spacial score (nSPS) is 10.9. The van der Waals surface area contributed by atoms with E-state index >= 15 is 0 Å². The Hall–Kier alpha value is -3.02. The fraction of sp³-hybridized carbons (Fsp3) is 0.238. The van der Waals surface area contributed by atoms with Gasteiger partial charge >= 0.3 is 5.97 Å². The maximum absolute atomic E-state index is 13.3. The number of aromatic carboxylic acids is 1. The lowest BCUT2D eigenvalue weighted by Crippen LogP contribution is -2.13. The standard InChI is InChI=1S/C21H21F2NO3/c1-2-3-4-5-14-6-8-15(9-7-14)10-11-20(25)24-19-13-18(23)17(22)12-16(19)21(26)27/h6-13H,2-5H2,1H3,(H,24,25)(H,26,27)/b11-10+. The fourth-order valence-corrected chi connectivity index (χ4v) is 2.55. The molecule has 2 aromatic rings. The predicted molar refractivity (Wildman–Crippen MR) is 101 cm³/mol. The van der Waals surface area contributed by atoms with Gasteiger partial charge in [-0.2, -0.15) is 0 Å². The molecule has 0 saturated carbocycles. The summed E-state index contributed by atoms with van der Waals surface area (Å²) in [6.07, 6.45) is 7.26. The number of anilines is 1. The van der Waals surface area contributed by atoms with Crippen molar-refractivity contribution in [2.75, 3.05) is 5.32 Å². The Bertz CT molecular complexity index is 845.